The molecule has 34 heavy (non-hydrogen) atoms. The predicted molar refractivity (Wildman–Crippen MR) is 127 cm³/mol. The number of carbonyl (C=O) groups excluding carboxylic acids is 1. The molecule has 5 rings (SSSR count). The molecule has 3 aromatic carbocycles. The topological polar surface area (TPSA) is 103 Å². The Kier molecular flexibility index (Phi) is 6.11. The van der Waals surface area contributed by atoms with E-state index < -0.39 is 0 Å². The Morgan fingerprint density at radius 3 is 2.85 bits per heavy atom. The molecule has 8 nitrogen and oxygen atoms in total. The average Bonchev–Trinajstić information content (AvgIpc) is 3.31. The number of H-pyrrole nitrogens is 1. The molecule has 0 saturated heterocycles. The minimum Gasteiger partial charge on any atom is -0.489 e. The zero-order valence-electron chi connectivity index (χ0n) is 18.4. The van der Waals surface area contributed by atoms with E-state index in [0.717, 1.165) is 5.56 Å². The maximum atomic E-state index is 12.4. The highest BCUT2D eigenvalue weighted by Gasteiger charge is 2.14. The molecule has 0 atom stereocenters. The standard InChI is InChI=1S/C26H23N3O5/c30-25(10-4-9-24-28-21-8-2-1-7-20(21)26(31)29-24)27-18-6-3-5-17(13-18)15-32-19-11-12-22-23(14-19)34-16-33-22/h1-3,5-8,11-14H,4,9-10,15-16H2,(H,27,30)(H,28,29,31). The molecule has 1 aliphatic rings. The number of ether oxygens (including phenoxy) is 3. The van der Waals surface area contributed by atoms with Crippen molar-refractivity contribution in [3.8, 4) is 17.2 Å². The normalized spacial score (nSPS) is 12.0. The van der Waals surface area contributed by atoms with Gasteiger partial charge in [-0.05, 0) is 48.4 Å². The summed E-state index contributed by atoms with van der Waals surface area (Å²) in [7, 11) is 0. The number of nitrogens with one attached hydrogen (secondary N) is 2. The number of nitrogens with zero attached hydrogens (tertiary/aromatic N) is 1. The molecule has 1 aliphatic heterocycles. The molecule has 0 spiro atoms. The molecule has 0 unspecified atom stereocenters. The fourth-order valence-corrected chi connectivity index (χ4v) is 3.77. The Bertz CT molecular complexity index is 1400. The molecule has 8 heteroatoms. The Labute approximate surface area is 195 Å². The number of hydrogen-bond donors (Lipinski definition) is 2. The number of anilines is 1. The van der Waals surface area contributed by atoms with Crippen LogP contribution in [0.3, 0.4) is 0 Å². The number of rotatable bonds is 8. The van der Waals surface area contributed by atoms with Gasteiger partial charge in [-0.2, -0.15) is 0 Å². The van der Waals surface area contributed by atoms with E-state index >= 15 is 0 Å². The fourth-order valence-electron chi connectivity index (χ4n) is 3.77. The summed E-state index contributed by atoms with van der Waals surface area (Å²) in [5.41, 5.74) is 2.12. The molecule has 0 fully saturated rings. The lowest BCUT2D eigenvalue weighted by atomic mass is 10.2. The van der Waals surface area contributed by atoms with Gasteiger partial charge in [0, 0.05) is 24.6 Å². The second kappa shape index (κ2) is 9.66. The van der Waals surface area contributed by atoms with E-state index in [-0.39, 0.29) is 18.3 Å². The number of aromatic amines is 1. The van der Waals surface area contributed by atoms with Crippen LogP contribution in [0.5, 0.6) is 17.2 Å². The zero-order valence-corrected chi connectivity index (χ0v) is 18.4. The van der Waals surface area contributed by atoms with Gasteiger partial charge in [-0.1, -0.05) is 24.3 Å². The highest BCUT2D eigenvalue weighted by atomic mass is 16.7. The third kappa shape index (κ3) is 5.01. The molecule has 0 saturated carbocycles. The third-order valence-electron chi connectivity index (χ3n) is 5.44. The summed E-state index contributed by atoms with van der Waals surface area (Å²) in [4.78, 5) is 31.9. The summed E-state index contributed by atoms with van der Waals surface area (Å²) < 4.78 is 16.5. The molecule has 0 aliphatic carbocycles. The van der Waals surface area contributed by atoms with Crippen LogP contribution in [0.1, 0.15) is 24.2 Å². The molecular weight excluding hydrogens is 434 g/mol. The van der Waals surface area contributed by atoms with Crippen LogP contribution in [0, 0.1) is 0 Å². The number of para-hydroxylation sites is 1. The van der Waals surface area contributed by atoms with E-state index in [9.17, 15) is 9.59 Å². The van der Waals surface area contributed by atoms with Crippen LogP contribution >= 0.6 is 0 Å². The van der Waals surface area contributed by atoms with Crippen molar-refractivity contribution in [1.29, 1.82) is 0 Å². The highest BCUT2D eigenvalue weighted by Crippen LogP contribution is 2.35. The van der Waals surface area contributed by atoms with Gasteiger partial charge >= 0.3 is 0 Å². The molecular formula is C26H23N3O5. The fraction of sp³-hybridized carbons (Fsp3) is 0.192. The van der Waals surface area contributed by atoms with E-state index in [0.29, 0.717) is 65.5 Å². The number of aromatic nitrogens is 2. The first-order valence-corrected chi connectivity index (χ1v) is 11.0. The summed E-state index contributed by atoms with van der Waals surface area (Å²) in [6, 6.07) is 20.2. The monoisotopic (exact) mass is 457 g/mol. The molecule has 172 valence electrons. The van der Waals surface area contributed by atoms with Crippen molar-refractivity contribution >= 4 is 22.5 Å². The van der Waals surface area contributed by atoms with Crippen molar-refractivity contribution in [2.45, 2.75) is 25.9 Å². The third-order valence-corrected chi connectivity index (χ3v) is 5.44. The summed E-state index contributed by atoms with van der Waals surface area (Å²) >= 11 is 0. The first-order valence-electron chi connectivity index (χ1n) is 11.0. The number of hydrogen-bond acceptors (Lipinski definition) is 6. The molecule has 0 radical (unpaired) electrons. The van der Waals surface area contributed by atoms with Crippen LogP contribution in [0.4, 0.5) is 5.69 Å². The van der Waals surface area contributed by atoms with Crippen LogP contribution in [0.15, 0.2) is 71.5 Å². The number of carbonyl (C=O) groups is 1. The van der Waals surface area contributed by atoms with Gasteiger partial charge in [0.05, 0.1) is 10.9 Å². The molecule has 4 aromatic rings. The van der Waals surface area contributed by atoms with E-state index in [1.165, 1.54) is 0 Å². The predicted octanol–water partition coefficient (Wildman–Crippen LogP) is 4.19. The van der Waals surface area contributed by atoms with Crippen molar-refractivity contribution < 1.29 is 19.0 Å². The quantitative estimate of drug-likeness (QED) is 0.411. The Morgan fingerprint density at radius 2 is 1.91 bits per heavy atom. The van der Waals surface area contributed by atoms with Crippen LogP contribution < -0.4 is 25.1 Å². The Hall–Kier alpha value is -4.33. The number of aryl methyl sites for hydroxylation is 1. The van der Waals surface area contributed by atoms with Crippen LogP contribution in [0.25, 0.3) is 10.9 Å². The van der Waals surface area contributed by atoms with Crippen molar-refractivity contribution in [2.24, 2.45) is 0 Å². The molecule has 1 amide bonds. The van der Waals surface area contributed by atoms with Gasteiger partial charge in [0.2, 0.25) is 12.7 Å². The zero-order chi connectivity index (χ0) is 23.3. The maximum absolute atomic E-state index is 12.4. The summed E-state index contributed by atoms with van der Waals surface area (Å²) in [5, 5.41) is 3.48. The lowest BCUT2D eigenvalue weighted by Gasteiger charge is -2.10. The van der Waals surface area contributed by atoms with Crippen LogP contribution in [-0.2, 0) is 17.8 Å². The minimum absolute atomic E-state index is 0.100. The molecule has 0 bridgehead atoms. The summed E-state index contributed by atoms with van der Waals surface area (Å²) in [5.74, 6) is 2.54. The average molecular weight is 457 g/mol. The van der Waals surface area contributed by atoms with Crippen molar-refractivity contribution in [1.82, 2.24) is 9.97 Å². The first-order chi connectivity index (χ1) is 16.6. The maximum Gasteiger partial charge on any atom is 0.258 e. The second-order valence-electron chi connectivity index (χ2n) is 7.94. The van der Waals surface area contributed by atoms with Gasteiger partial charge in [-0.3, -0.25) is 9.59 Å². The highest BCUT2D eigenvalue weighted by molar-refractivity contribution is 5.90. The number of fused-ring (bicyclic) bond motifs is 2. The van der Waals surface area contributed by atoms with Gasteiger partial charge < -0.3 is 24.5 Å². The van der Waals surface area contributed by atoms with Gasteiger partial charge in [-0.25, -0.2) is 4.98 Å². The molecule has 2 heterocycles. The van der Waals surface area contributed by atoms with E-state index in [2.05, 4.69) is 15.3 Å². The smallest absolute Gasteiger partial charge is 0.258 e. The van der Waals surface area contributed by atoms with Gasteiger partial charge in [0.15, 0.2) is 11.5 Å². The lowest BCUT2D eigenvalue weighted by Crippen LogP contribution is -2.14. The van der Waals surface area contributed by atoms with Crippen LogP contribution in [-0.4, -0.2) is 22.7 Å². The SMILES string of the molecule is O=C(CCCc1nc2ccccc2c(=O)[nH]1)Nc1cccc(COc2ccc3c(c2)OCO3)c1. The number of amides is 1. The molecule has 1 aromatic heterocycles. The van der Waals surface area contributed by atoms with Gasteiger partial charge in [0.25, 0.3) is 5.56 Å². The largest absolute Gasteiger partial charge is 0.489 e. The van der Waals surface area contributed by atoms with Gasteiger partial charge in [0.1, 0.15) is 18.2 Å². The van der Waals surface area contributed by atoms with E-state index in [4.69, 9.17) is 14.2 Å². The first kappa shape index (κ1) is 21.5. The van der Waals surface area contributed by atoms with Crippen molar-refractivity contribution in [3.05, 3.63) is 88.5 Å². The Morgan fingerprint density at radius 1 is 1.03 bits per heavy atom. The minimum atomic E-state index is -0.162. The lowest BCUT2D eigenvalue weighted by molar-refractivity contribution is -0.116. The van der Waals surface area contributed by atoms with Crippen molar-refractivity contribution in [2.75, 3.05) is 12.1 Å². The van der Waals surface area contributed by atoms with Crippen molar-refractivity contribution in [3.63, 3.8) is 0 Å². The van der Waals surface area contributed by atoms with Gasteiger partial charge in [-0.15, -0.1) is 0 Å². The van der Waals surface area contributed by atoms with E-state index in [1.54, 1.807) is 12.1 Å². The number of benzene rings is 3. The Balaban J connectivity index is 1.12. The summed E-state index contributed by atoms with van der Waals surface area (Å²) in [6.45, 7) is 0.571. The molecule has 2 N–H and O–H groups in total. The van der Waals surface area contributed by atoms with E-state index in [1.807, 2.05) is 54.6 Å². The van der Waals surface area contributed by atoms with Crippen LogP contribution in [0.2, 0.25) is 0 Å². The second-order valence-corrected chi connectivity index (χ2v) is 7.94. The summed E-state index contributed by atoms with van der Waals surface area (Å²) in [6.07, 6.45) is 1.39.